The summed E-state index contributed by atoms with van der Waals surface area (Å²) in [4.78, 5) is 7.25. The fraction of sp³-hybridized carbons (Fsp3) is 0.417. The van der Waals surface area contributed by atoms with E-state index in [-0.39, 0.29) is 6.04 Å². The van der Waals surface area contributed by atoms with Gasteiger partial charge in [-0.2, -0.15) is 0 Å². The third-order valence-electron chi connectivity index (χ3n) is 2.56. The summed E-state index contributed by atoms with van der Waals surface area (Å²) in [5.74, 6) is 2.95. The van der Waals surface area contributed by atoms with Gasteiger partial charge < -0.3 is 14.7 Å². The van der Waals surface area contributed by atoms with Crippen molar-refractivity contribution in [2.24, 2.45) is 0 Å². The monoisotopic (exact) mass is 219 g/mol. The summed E-state index contributed by atoms with van der Waals surface area (Å²) in [7, 11) is 0. The molecule has 1 unspecified atom stereocenters. The lowest BCUT2D eigenvalue weighted by Crippen LogP contribution is -2.21. The van der Waals surface area contributed by atoms with E-state index in [1.807, 2.05) is 25.3 Å². The molecule has 0 amide bonds. The standard InChI is InChI=1S/C12H17N3O/c1-9-3-4-11(16-9)10(2)13-6-5-12-14-7-8-15-12/h3-4,7-8,10,13H,5-6H2,1-2H3,(H,14,15). The number of rotatable bonds is 5. The van der Waals surface area contributed by atoms with Crippen molar-refractivity contribution in [1.82, 2.24) is 15.3 Å². The average molecular weight is 219 g/mol. The molecule has 4 nitrogen and oxygen atoms in total. The van der Waals surface area contributed by atoms with Crippen LogP contribution in [0.15, 0.2) is 28.9 Å². The predicted molar refractivity (Wildman–Crippen MR) is 62.2 cm³/mol. The van der Waals surface area contributed by atoms with E-state index in [9.17, 15) is 0 Å². The van der Waals surface area contributed by atoms with Crippen molar-refractivity contribution in [1.29, 1.82) is 0 Å². The van der Waals surface area contributed by atoms with Crippen LogP contribution in [0.3, 0.4) is 0 Å². The Morgan fingerprint density at radius 1 is 1.50 bits per heavy atom. The Bertz CT molecular complexity index is 419. The Hall–Kier alpha value is -1.55. The summed E-state index contributed by atoms with van der Waals surface area (Å²) in [5, 5.41) is 3.40. The van der Waals surface area contributed by atoms with Gasteiger partial charge in [-0.05, 0) is 26.0 Å². The van der Waals surface area contributed by atoms with Gasteiger partial charge in [-0.3, -0.25) is 0 Å². The number of aromatic amines is 1. The first kappa shape index (κ1) is 11.0. The van der Waals surface area contributed by atoms with E-state index in [1.165, 1.54) is 0 Å². The summed E-state index contributed by atoms with van der Waals surface area (Å²) in [6.45, 7) is 4.94. The van der Waals surface area contributed by atoms with Crippen LogP contribution in [0.4, 0.5) is 0 Å². The van der Waals surface area contributed by atoms with Crippen molar-refractivity contribution in [3.8, 4) is 0 Å². The molecule has 0 aliphatic heterocycles. The minimum Gasteiger partial charge on any atom is -0.465 e. The molecular weight excluding hydrogens is 202 g/mol. The van der Waals surface area contributed by atoms with Crippen molar-refractivity contribution in [3.63, 3.8) is 0 Å². The van der Waals surface area contributed by atoms with Crippen LogP contribution in [0.1, 0.15) is 30.3 Å². The van der Waals surface area contributed by atoms with Crippen LogP contribution in [-0.4, -0.2) is 16.5 Å². The largest absolute Gasteiger partial charge is 0.465 e. The molecule has 2 aromatic heterocycles. The molecule has 0 aliphatic carbocycles. The van der Waals surface area contributed by atoms with Crippen LogP contribution in [0.2, 0.25) is 0 Å². The van der Waals surface area contributed by atoms with Crippen LogP contribution in [0.25, 0.3) is 0 Å². The molecule has 0 bridgehead atoms. The summed E-state index contributed by atoms with van der Waals surface area (Å²) < 4.78 is 5.55. The molecule has 0 fully saturated rings. The van der Waals surface area contributed by atoms with Gasteiger partial charge in [0.1, 0.15) is 17.3 Å². The highest BCUT2D eigenvalue weighted by atomic mass is 16.3. The van der Waals surface area contributed by atoms with Crippen LogP contribution in [0.5, 0.6) is 0 Å². The van der Waals surface area contributed by atoms with Crippen LogP contribution in [-0.2, 0) is 6.42 Å². The summed E-state index contributed by atoms with van der Waals surface area (Å²) in [6, 6.07) is 4.24. The number of hydrogen-bond donors (Lipinski definition) is 2. The summed E-state index contributed by atoms with van der Waals surface area (Å²) >= 11 is 0. The third-order valence-corrected chi connectivity index (χ3v) is 2.56. The third kappa shape index (κ3) is 2.73. The van der Waals surface area contributed by atoms with Gasteiger partial charge in [-0.25, -0.2) is 4.98 Å². The highest BCUT2D eigenvalue weighted by Crippen LogP contribution is 2.15. The maximum atomic E-state index is 5.55. The Kier molecular flexibility index (Phi) is 3.41. The number of nitrogens with zero attached hydrogens (tertiary/aromatic N) is 1. The zero-order valence-electron chi connectivity index (χ0n) is 9.66. The number of hydrogen-bond acceptors (Lipinski definition) is 3. The second-order valence-electron chi connectivity index (χ2n) is 3.91. The van der Waals surface area contributed by atoms with E-state index in [1.54, 1.807) is 6.20 Å². The molecule has 0 saturated heterocycles. The van der Waals surface area contributed by atoms with Crippen molar-refractivity contribution in [3.05, 3.63) is 41.9 Å². The summed E-state index contributed by atoms with van der Waals surface area (Å²) in [6.07, 6.45) is 4.51. The molecule has 1 atom stereocenters. The number of aromatic nitrogens is 2. The van der Waals surface area contributed by atoms with Crippen molar-refractivity contribution in [2.45, 2.75) is 26.3 Å². The van der Waals surface area contributed by atoms with E-state index in [0.29, 0.717) is 0 Å². The lowest BCUT2D eigenvalue weighted by atomic mass is 10.2. The van der Waals surface area contributed by atoms with Gasteiger partial charge in [0, 0.05) is 25.4 Å². The van der Waals surface area contributed by atoms with E-state index in [0.717, 1.165) is 30.3 Å². The maximum absolute atomic E-state index is 5.55. The fourth-order valence-corrected chi connectivity index (χ4v) is 1.63. The first-order valence-corrected chi connectivity index (χ1v) is 5.53. The van der Waals surface area contributed by atoms with Gasteiger partial charge in [-0.15, -0.1) is 0 Å². The van der Waals surface area contributed by atoms with E-state index in [4.69, 9.17) is 4.42 Å². The minimum atomic E-state index is 0.240. The Morgan fingerprint density at radius 3 is 3.00 bits per heavy atom. The van der Waals surface area contributed by atoms with Gasteiger partial charge in [0.2, 0.25) is 0 Å². The zero-order valence-corrected chi connectivity index (χ0v) is 9.66. The molecule has 0 aliphatic rings. The Labute approximate surface area is 95.1 Å². The first-order chi connectivity index (χ1) is 7.75. The normalized spacial score (nSPS) is 12.9. The number of aryl methyl sites for hydroxylation is 1. The molecule has 0 saturated carbocycles. The van der Waals surface area contributed by atoms with Gasteiger partial charge in [0.15, 0.2) is 0 Å². The van der Waals surface area contributed by atoms with E-state index >= 15 is 0 Å². The summed E-state index contributed by atoms with van der Waals surface area (Å²) in [5.41, 5.74) is 0. The molecular formula is C12H17N3O. The van der Waals surface area contributed by atoms with Crippen LogP contribution < -0.4 is 5.32 Å². The second-order valence-corrected chi connectivity index (χ2v) is 3.91. The molecule has 2 aromatic rings. The van der Waals surface area contributed by atoms with E-state index in [2.05, 4.69) is 22.2 Å². The zero-order chi connectivity index (χ0) is 11.4. The fourth-order valence-electron chi connectivity index (χ4n) is 1.63. The maximum Gasteiger partial charge on any atom is 0.120 e. The molecule has 2 rings (SSSR count). The first-order valence-electron chi connectivity index (χ1n) is 5.53. The number of imidazole rings is 1. The molecule has 16 heavy (non-hydrogen) atoms. The quantitative estimate of drug-likeness (QED) is 0.810. The van der Waals surface area contributed by atoms with Crippen LogP contribution in [0, 0.1) is 6.92 Å². The minimum absolute atomic E-state index is 0.240. The lowest BCUT2D eigenvalue weighted by Gasteiger charge is -2.10. The average Bonchev–Trinajstić information content (AvgIpc) is 2.89. The number of furan rings is 1. The molecule has 4 heteroatoms. The smallest absolute Gasteiger partial charge is 0.120 e. The molecule has 2 N–H and O–H groups in total. The molecule has 0 radical (unpaired) electrons. The molecule has 2 heterocycles. The van der Waals surface area contributed by atoms with Gasteiger partial charge in [0.25, 0.3) is 0 Å². The Balaban J connectivity index is 1.78. The SMILES string of the molecule is Cc1ccc(C(C)NCCc2ncc[nH]2)o1. The van der Waals surface area contributed by atoms with E-state index < -0.39 is 0 Å². The second kappa shape index (κ2) is 4.99. The highest BCUT2D eigenvalue weighted by molar-refractivity contribution is 5.08. The van der Waals surface area contributed by atoms with Crippen LogP contribution >= 0.6 is 0 Å². The molecule has 0 spiro atoms. The highest BCUT2D eigenvalue weighted by Gasteiger charge is 2.08. The Morgan fingerprint density at radius 2 is 2.38 bits per heavy atom. The topological polar surface area (TPSA) is 53.9 Å². The molecule has 86 valence electrons. The number of nitrogens with one attached hydrogen (secondary N) is 2. The van der Waals surface area contributed by atoms with Gasteiger partial charge in [-0.1, -0.05) is 0 Å². The number of H-pyrrole nitrogens is 1. The van der Waals surface area contributed by atoms with Crippen molar-refractivity contribution in [2.75, 3.05) is 6.54 Å². The van der Waals surface area contributed by atoms with Crippen molar-refractivity contribution < 1.29 is 4.42 Å². The molecule has 0 aromatic carbocycles. The van der Waals surface area contributed by atoms with Crippen molar-refractivity contribution >= 4 is 0 Å². The van der Waals surface area contributed by atoms with Gasteiger partial charge in [0.05, 0.1) is 6.04 Å². The lowest BCUT2D eigenvalue weighted by molar-refractivity contribution is 0.417. The van der Waals surface area contributed by atoms with Gasteiger partial charge >= 0.3 is 0 Å². The predicted octanol–water partition coefficient (Wildman–Crippen LogP) is 2.20.